The molecule has 0 unspecified atom stereocenters. The van der Waals surface area contributed by atoms with Crippen LogP contribution in [0.4, 0.5) is 0 Å². The Labute approximate surface area is 176 Å². The molecule has 1 aliphatic rings. The van der Waals surface area contributed by atoms with Crippen molar-refractivity contribution < 1.29 is 14.3 Å². The van der Waals surface area contributed by atoms with Gasteiger partial charge in [-0.25, -0.2) is 0 Å². The number of carbonyl (C=O) groups excluding carboxylic acids is 1. The van der Waals surface area contributed by atoms with E-state index in [9.17, 15) is 4.79 Å². The normalized spacial score (nSPS) is 14.4. The maximum Gasteiger partial charge on any atom is 0.255 e. The Morgan fingerprint density at radius 3 is 2.60 bits per heavy atom. The van der Waals surface area contributed by atoms with Crippen LogP contribution in [0.1, 0.15) is 21.5 Å². The van der Waals surface area contributed by atoms with Gasteiger partial charge in [0.25, 0.3) is 5.91 Å². The predicted molar refractivity (Wildman–Crippen MR) is 114 cm³/mol. The molecule has 1 amide bonds. The van der Waals surface area contributed by atoms with Crippen molar-refractivity contribution >= 4 is 5.91 Å². The van der Waals surface area contributed by atoms with Gasteiger partial charge < -0.3 is 14.8 Å². The van der Waals surface area contributed by atoms with Crippen LogP contribution in [-0.2, 0) is 17.8 Å². The van der Waals surface area contributed by atoms with Gasteiger partial charge in [-0.05, 0) is 35.4 Å². The van der Waals surface area contributed by atoms with Gasteiger partial charge in [-0.15, -0.1) is 0 Å². The Bertz CT molecular complexity index is 978. The van der Waals surface area contributed by atoms with Crippen molar-refractivity contribution in [2.45, 2.75) is 13.1 Å². The van der Waals surface area contributed by atoms with Crippen molar-refractivity contribution in [1.29, 1.82) is 0 Å². The van der Waals surface area contributed by atoms with Crippen LogP contribution < -0.4 is 10.1 Å². The van der Waals surface area contributed by atoms with Crippen LogP contribution >= 0.6 is 0 Å². The highest BCUT2D eigenvalue weighted by Crippen LogP contribution is 2.24. The summed E-state index contributed by atoms with van der Waals surface area (Å²) in [4.78, 5) is 15.3. The molecule has 0 saturated carbocycles. The molecular weight excluding hydrogens is 380 g/mol. The zero-order valence-electron chi connectivity index (χ0n) is 17.1. The second-order valence-corrected chi connectivity index (χ2v) is 7.23. The molecule has 1 saturated heterocycles. The van der Waals surface area contributed by atoms with E-state index in [1.54, 1.807) is 13.3 Å². The molecule has 0 atom stereocenters. The van der Waals surface area contributed by atoms with Crippen molar-refractivity contribution in [3.63, 3.8) is 0 Å². The molecule has 3 aromatic rings. The third kappa shape index (κ3) is 4.69. The lowest BCUT2D eigenvalue weighted by molar-refractivity contribution is 0.0340. The molecule has 1 aliphatic heterocycles. The number of benzene rings is 2. The van der Waals surface area contributed by atoms with E-state index >= 15 is 0 Å². The van der Waals surface area contributed by atoms with Crippen LogP contribution in [0.3, 0.4) is 0 Å². The number of amides is 1. The number of methoxy groups -OCH3 is 1. The highest BCUT2D eigenvalue weighted by molar-refractivity contribution is 5.99. The number of nitrogens with zero attached hydrogens (tertiary/aromatic N) is 2. The lowest BCUT2D eigenvalue weighted by atomic mass is 10.1. The second kappa shape index (κ2) is 9.56. The summed E-state index contributed by atoms with van der Waals surface area (Å²) in [6, 6.07) is 15.8. The molecule has 1 fully saturated rings. The number of aromatic nitrogens is 2. The first-order chi connectivity index (χ1) is 14.7. The first kappa shape index (κ1) is 20.1. The quantitative estimate of drug-likeness (QED) is 0.631. The van der Waals surface area contributed by atoms with Gasteiger partial charge in [0.05, 0.1) is 37.8 Å². The lowest BCUT2D eigenvalue weighted by Gasteiger charge is -2.27. The Morgan fingerprint density at radius 1 is 1.13 bits per heavy atom. The fourth-order valence-corrected chi connectivity index (χ4v) is 3.59. The summed E-state index contributed by atoms with van der Waals surface area (Å²) in [5.41, 5.74) is 4.43. The number of carbonyl (C=O) groups is 1. The molecule has 30 heavy (non-hydrogen) atoms. The highest BCUT2D eigenvalue weighted by atomic mass is 16.5. The maximum absolute atomic E-state index is 12.9. The molecular formula is C23H26N4O3. The molecule has 2 N–H and O–H groups in total. The number of ether oxygens (including phenoxy) is 2. The molecule has 7 nitrogen and oxygen atoms in total. The summed E-state index contributed by atoms with van der Waals surface area (Å²) in [7, 11) is 1.63. The van der Waals surface area contributed by atoms with Gasteiger partial charge in [0.15, 0.2) is 0 Å². The van der Waals surface area contributed by atoms with Gasteiger partial charge in [-0.2, -0.15) is 5.10 Å². The maximum atomic E-state index is 12.9. The topological polar surface area (TPSA) is 79.5 Å². The number of morpholine rings is 1. The standard InChI is InChI=1S/C23H26N4O3/c1-29-20-8-6-17(7-9-20)22-21(15-25-26-22)23(28)24-14-18-4-2-3-5-19(18)16-27-10-12-30-13-11-27/h2-9,15H,10-14,16H2,1H3,(H,24,28)(H,25,26). The summed E-state index contributed by atoms with van der Waals surface area (Å²) in [6.45, 7) is 4.73. The minimum absolute atomic E-state index is 0.157. The van der Waals surface area contributed by atoms with E-state index in [2.05, 4.69) is 32.5 Å². The predicted octanol–water partition coefficient (Wildman–Crippen LogP) is 2.85. The van der Waals surface area contributed by atoms with Gasteiger partial charge in [-0.1, -0.05) is 24.3 Å². The molecule has 4 rings (SSSR count). The van der Waals surface area contributed by atoms with E-state index in [-0.39, 0.29) is 5.91 Å². The number of hydrogen-bond donors (Lipinski definition) is 2. The number of rotatable bonds is 7. The van der Waals surface area contributed by atoms with Crippen molar-refractivity contribution in [3.8, 4) is 17.0 Å². The zero-order chi connectivity index (χ0) is 20.8. The molecule has 2 heterocycles. The monoisotopic (exact) mass is 406 g/mol. The summed E-state index contributed by atoms with van der Waals surface area (Å²) in [5.74, 6) is 0.608. The minimum atomic E-state index is -0.157. The minimum Gasteiger partial charge on any atom is -0.497 e. The summed E-state index contributed by atoms with van der Waals surface area (Å²) >= 11 is 0. The zero-order valence-corrected chi connectivity index (χ0v) is 17.1. The van der Waals surface area contributed by atoms with E-state index in [0.29, 0.717) is 17.8 Å². The number of aromatic amines is 1. The second-order valence-electron chi connectivity index (χ2n) is 7.23. The fraction of sp³-hybridized carbons (Fsp3) is 0.304. The van der Waals surface area contributed by atoms with E-state index in [4.69, 9.17) is 9.47 Å². The van der Waals surface area contributed by atoms with Crippen molar-refractivity contribution in [3.05, 3.63) is 71.4 Å². The summed E-state index contributed by atoms with van der Waals surface area (Å²) in [5, 5.41) is 10.1. The average Bonchev–Trinajstić information content (AvgIpc) is 3.29. The summed E-state index contributed by atoms with van der Waals surface area (Å²) in [6.07, 6.45) is 1.56. The third-order valence-electron chi connectivity index (χ3n) is 5.32. The van der Waals surface area contributed by atoms with Crippen LogP contribution in [0, 0.1) is 0 Å². The number of nitrogens with one attached hydrogen (secondary N) is 2. The molecule has 0 spiro atoms. The smallest absolute Gasteiger partial charge is 0.255 e. The Balaban J connectivity index is 1.44. The molecule has 1 aromatic heterocycles. The van der Waals surface area contributed by atoms with Gasteiger partial charge in [0.2, 0.25) is 0 Å². The molecule has 0 aliphatic carbocycles. The van der Waals surface area contributed by atoms with Gasteiger partial charge in [-0.3, -0.25) is 14.8 Å². The van der Waals surface area contributed by atoms with E-state index < -0.39 is 0 Å². The van der Waals surface area contributed by atoms with E-state index in [1.807, 2.05) is 36.4 Å². The molecule has 156 valence electrons. The average molecular weight is 406 g/mol. The largest absolute Gasteiger partial charge is 0.497 e. The number of hydrogen-bond acceptors (Lipinski definition) is 5. The van der Waals surface area contributed by atoms with Crippen molar-refractivity contribution in [1.82, 2.24) is 20.4 Å². The number of H-pyrrole nitrogens is 1. The lowest BCUT2D eigenvalue weighted by Crippen LogP contribution is -2.36. The molecule has 0 bridgehead atoms. The fourth-order valence-electron chi connectivity index (χ4n) is 3.59. The Morgan fingerprint density at radius 2 is 1.87 bits per heavy atom. The summed E-state index contributed by atoms with van der Waals surface area (Å²) < 4.78 is 10.6. The van der Waals surface area contributed by atoms with Crippen molar-refractivity contribution in [2.75, 3.05) is 33.4 Å². The van der Waals surface area contributed by atoms with Gasteiger partial charge in [0.1, 0.15) is 5.75 Å². The van der Waals surface area contributed by atoms with E-state index in [0.717, 1.165) is 49.7 Å². The highest BCUT2D eigenvalue weighted by Gasteiger charge is 2.17. The van der Waals surface area contributed by atoms with Crippen molar-refractivity contribution in [2.24, 2.45) is 0 Å². The Kier molecular flexibility index (Phi) is 6.41. The SMILES string of the molecule is COc1ccc(-c2[nH]ncc2C(=O)NCc2ccccc2CN2CCOCC2)cc1. The Hall–Kier alpha value is -3.16. The molecule has 7 heteroatoms. The molecule has 0 radical (unpaired) electrons. The van der Waals surface area contributed by atoms with E-state index in [1.165, 1.54) is 5.56 Å². The van der Waals surface area contributed by atoms with Crippen LogP contribution in [0.25, 0.3) is 11.3 Å². The first-order valence-corrected chi connectivity index (χ1v) is 10.1. The van der Waals surface area contributed by atoms with Crippen LogP contribution in [-0.4, -0.2) is 54.4 Å². The first-order valence-electron chi connectivity index (χ1n) is 10.1. The molecule has 2 aromatic carbocycles. The van der Waals surface area contributed by atoms with Crippen LogP contribution in [0.15, 0.2) is 54.7 Å². The van der Waals surface area contributed by atoms with Crippen LogP contribution in [0.5, 0.6) is 5.75 Å². The van der Waals surface area contributed by atoms with Gasteiger partial charge >= 0.3 is 0 Å². The third-order valence-corrected chi connectivity index (χ3v) is 5.32. The van der Waals surface area contributed by atoms with Gasteiger partial charge in [0, 0.05) is 31.7 Å². The van der Waals surface area contributed by atoms with Crippen LogP contribution in [0.2, 0.25) is 0 Å².